The summed E-state index contributed by atoms with van der Waals surface area (Å²) < 4.78 is 12.7. The van der Waals surface area contributed by atoms with Crippen LogP contribution in [0.25, 0.3) is 10.8 Å². The van der Waals surface area contributed by atoms with Crippen LogP contribution in [0.3, 0.4) is 0 Å². The van der Waals surface area contributed by atoms with Crippen LogP contribution in [-0.2, 0) is 11.3 Å². The number of aromatic nitrogens is 2. The van der Waals surface area contributed by atoms with E-state index in [-0.39, 0.29) is 24.1 Å². The maximum Gasteiger partial charge on any atom is 0.275 e. The number of hydrogen-bond donors (Lipinski definition) is 1. The SMILES string of the molecule is Cc1nn(CC(=O)NCC[C@H]2COc3ccccc3O2)c(=O)c2ccccc12. The van der Waals surface area contributed by atoms with Gasteiger partial charge in [-0.25, -0.2) is 4.68 Å². The van der Waals surface area contributed by atoms with Crippen molar-refractivity contribution in [2.45, 2.75) is 26.0 Å². The number of rotatable bonds is 5. The standard InChI is InChI=1S/C21H21N3O4/c1-14-16-6-2-3-7-17(16)21(26)24(23-14)12-20(25)22-11-10-15-13-27-18-8-4-5-9-19(18)28-15/h2-9,15H,10-13H2,1H3,(H,22,25)/t15-/m0/s1. The molecule has 2 aromatic carbocycles. The lowest BCUT2D eigenvalue weighted by atomic mass is 10.1. The Balaban J connectivity index is 1.34. The lowest BCUT2D eigenvalue weighted by molar-refractivity contribution is -0.122. The molecular weight excluding hydrogens is 358 g/mol. The smallest absolute Gasteiger partial charge is 0.275 e. The number of nitrogens with one attached hydrogen (secondary N) is 1. The number of carbonyl (C=O) groups excluding carboxylic acids is 1. The lowest BCUT2D eigenvalue weighted by Gasteiger charge is -2.26. The number of nitrogens with zero attached hydrogens (tertiary/aromatic N) is 2. The Kier molecular flexibility index (Phi) is 4.97. The van der Waals surface area contributed by atoms with Gasteiger partial charge in [-0.05, 0) is 25.1 Å². The first-order chi connectivity index (χ1) is 13.6. The largest absolute Gasteiger partial charge is 0.486 e. The highest BCUT2D eigenvalue weighted by molar-refractivity contribution is 5.83. The Labute approximate surface area is 161 Å². The molecule has 7 nitrogen and oxygen atoms in total. The summed E-state index contributed by atoms with van der Waals surface area (Å²) in [6, 6.07) is 14.8. The average molecular weight is 379 g/mol. The van der Waals surface area contributed by atoms with Crippen molar-refractivity contribution in [2.24, 2.45) is 0 Å². The van der Waals surface area contributed by atoms with E-state index >= 15 is 0 Å². The number of fused-ring (bicyclic) bond motifs is 2. The summed E-state index contributed by atoms with van der Waals surface area (Å²) in [5.41, 5.74) is 0.450. The van der Waals surface area contributed by atoms with Crippen LogP contribution >= 0.6 is 0 Å². The molecule has 144 valence electrons. The van der Waals surface area contributed by atoms with Crippen LogP contribution in [0.4, 0.5) is 0 Å². The molecule has 3 aromatic rings. The minimum atomic E-state index is -0.267. The van der Waals surface area contributed by atoms with E-state index in [4.69, 9.17) is 9.47 Å². The van der Waals surface area contributed by atoms with E-state index < -0.39 is 0 Å². The van der Waals surface area contributed by atoms with Crippen molar-refractivity contribution >= 4 is 16.7 Å². The van der Waals surface area contributed by atoms with Crippen molar-refractivity contribution < 1.29 is 14.3 Å². The van der Waals surface area contributed by atoms with Gasteiger partial charge in [0.05, 0.1) is 11.1 Å². The Hall–Kier alpha value is -3.35. The second-order valence-electron chi connectivity index (χ2n) is 6.73. The van der Waals surface area contributed by atoms with Crippen molar-refractivity contribution in [3.63, 3.8) is 0 Å². The van der Waals surface area contributed by atoms with E-state index in [1.807, 2.05) is 43.3 Å². The second-order valence-corrected chi connectivity index (χ2v) is 6.73. The van der Waals surface area contributed by atoms with Gasteiger partial charge in [0, 0.05) is 18.4 Å². The molecule has 0 saturated heterocycles. The maximum atomic E-state index is 12.5. The fraction of sp³-hybridized carbons (Fsp3) is 0.286. The third kappa shape index (κ3) is 3.69. The summed E-state index contributed by atoms with van der Waals surface area (Å²) in [6.45, 7) is 2.58. The predicted octanol–water partition coefficient (Wildman–Crippen LogP) is 2.05. The molecule has 4 rings (SSSR count). The van der Waals surface area contributed by atoms with Gasteiger partial charge in [0.1, 0.15) is 19.3 Å². The Morgan fingerprint density at radius 3 is 2.68 bits per heavy atom. The zero-order valence-corrected chi connectivity index (χ0v) is 15.6. The van der Waals surface area contributed by atoms with Crippen molar-refractivity contribution in [1.82, 2.24) is 15.1 Å². The Morgan fingerprint density at radius 2 is 1.86 bits per heavy atom. The number of aryl methyl sites for hydroxylation is 1. The van der Waals surface area contributed by atoms with Gasteiger partial charge in [-0.1, -0.05) is 30.3 Å². The van der Waals surface area contributed by atoms with Crippen LogP contribution in [-0.4, -0.2) is 34.9 Å². The van der Waals surface area contributed by atoms with Crippen molar-refractivity contribution in [1.29, 1.82) is 0 Å². The van der Waals surface area contributed by atoms with Crippen LogP contribution in [0.15, 0.2) is 53.3 Å². The van der Waals surface area contributed by atoms with Crippen molar-refractivity contribution in [3.05, 3.63) is 64.6 Å². The van der Waals surface area contributed by atoms with E-state index in [0.717, 1.165) is 16.8 Å². The monoisotopic (exact) mass is 379 g/mol. The van der Waals surface area contributed by atoms with Crippen molar-refractivity contribution in [2.75, 3.05) is 13.2 Å². The molecule has 0 bridgehead atoms. The number of amides is 1. The number of hydrogen-bond acceptors (Lipinski definition) is 5. The van der Waals surface area contributed by atoms with Crippen LogP contribution in [0.5, 0.6) is 11.5 Å². The van der Waals surface area contributed by atoms with Crippen LogP contribution in [0, 0.1) is 6.92 Å². The first-order valence-electron chi connectivity index (χ1n) is 9.23. The number of ether oxygens (including phenoxy) is 2. The van der Waals surface area contributed by atoms with Crippen LogP contribution in [0.1, 0.15) is 12.1 Å². The summed E-state index contributed by atoms with van der Waals surface area (Å²) in [5, 5.41) is 8.45. The number of para-hydroxylation sites is 2. The Morgan fingerprint density at radius 1 is 1.14 bits per heavy atom. The first-order valence-corrected chi connectivity index (χ1v) is 9.23. The van der Waals surface area contributed by atoms with Crippen LogP contribution in [0.2, 0.25) is 0 Å². The molecule has 1 aromatic heterocycles. The highest BCUT2D eigenvalue weighted by atomic mass is 16.6. The third-order valence-electron chi connectivity index (χ3n) is 4.70. The predicted molar refractivity (Wildman–Crippen MR) is 105 cm³/mol. The molecule has 1 amide bonds. The minimum Gasteiger partial charge on any atom is -0.486 e. The Bertz CT molecular complexity index is 1080. The molecule has 0 saturated carbocycles. The summed E-state index contributed by atoms with van der Waals surface area (Å²) in [5.74, 6) is 1.19. The molecule has 28 heavy (non-hydrogen) atoms. The number of carbonyl (C=O) groups is 1. The molecule has 0 unspecified atom stereocenters. The molecular formula is C21H21N3O4. The van der Waals surface area contributed by atoms with E-state index in [1.54, 1.807) is 12.1 Å². The average Bonchev–Trinajstić information content (AvgIpc) is 2.72. The molecule has 1 atom stereocenters. The molecule has 1 aliphatic heterocycles. The topological polar surface area (TPSA) is 82.5 Å². The van der Waals surface area contributed by atoms with Gasteiger partial charge in [-0.2, -0.15) is 5.10 Å². The van der Waals surface area contributed by atoms with Gasteiger partial charge in [-0.15, -0.1) is 0 Å². The van der Waals surface area contributed by atoms with Gasteiger partial charge in [-0.3, -0.25) is 9.59 Å². The third-order valence-corrected chi connectivity index (χ3v) is 4.70. The molecule has 0 spiro atoms. The molecule has 1 aliphatic rings. The van der Waals surface area contributed by atoms with E-state index in [0.29, 0.717) is 30.7 Å². The summed E-state index contributed by atoms with van der Waals surface area (Å²) in [7, 11) is 0. The van der Waals surface area contributed by atoms with Gasteiger partial charge in [0.25, 0.3) is 5.56 Å². The highest BCUT2D eigenvalue weighted by Gasteiger charge is 2.20. The van der Waals surface area contributed by atoms with Gasteiger partial charge in [0.15, 0.2) is 11.5 Å². The summed E-state index contributed by atoms with van der Waals surface area (Å²) >= 11 is 0. The van der Waals surface area contributed by atoms with Gasteiger partial charge < -0.3 is 14.8 Å². The number of benzene rings is 2. The molecule has 2 heterocycles. The minimum absolute atomic E-state index is 0.116. The van der Waals surface area contributed by atoms with Gasteiger partial charge >= 0.3 is 0 Å². The zero-order chi connectivity index (χ0) is 19.5. The van der Waals surface area contributed by atoms with E-state index in [2.05, 4.69) is 10.4 Å². The molecule has 0 aliphatic carbocycles. The van der Waals surface area contributed by atoms with E-state index in [1.165, 1.54) is 4.68 Å². The lowest BCUT2D eigenvalue weighted by Crippen LogP contribution is -2.37. The maximum absolute atomic E-state index is 12.5. The molecule has 0 fully saturated rings. The molecule has 1 N–H and O–H groups in total. The second kappa shape index (κ2) is 7.72. The zero-order valence-electron chi connectivity index (χ0n) is 15.6. The summed E-state index contributed by atoms with van der Waals surface area (Å²) in [4.78, 5) is 24.8. The quantitative estimate of drug-likeness (QED) is 0.734. The first kappa shape index (κ1) is 18.0. The van der Waals surface area contributed by atoms with Crippen LogP contribution < -0.4 is 20.3 Å². The highest BCUT2D eigenvalue weighted by Crippen LogP contribution is 2.31. The molecule has 0 radical (unpaired) electrons. The van der Waals surface area contributed by atoms with Gasteiger partial charge in [0.2, 0.25) is 5.91 Å². The fourth-order valence-electron chi connectivity index (χ4n) is 3.28. The fourth-order valence-corrected chi connectivity index (χ4v) is 3.28. The summed E-state index contributed by atoms with van der Waals surface area (Å²) in [6.07, 6.45) is 0.484. The van der Waals surface area contributed by atoms with Crippen molar-refractivity contribution in [3.8, 4) is 11.5 Å². The normalized spacial score (nSPS) is 15.4. The van der Waals surface area contributed by atoms with E-state index in [9.17, 15) is 9.59 Å². The molecule has 7 heteroatoms.